The first-order chi connectivity index (χ1) is 10.1. The summed E-state index contributed by atoms with van der Waals surface area (Å²) in [4.78, 5) is 35.9. The van der Waals surface area contributed by atoms with Crippen molar-refractivity contribution in [3.63, 3.8) is 0 Å². The molecule has 8 heteroatoms. The molecule has 2 amide bonds. The van der Waals surface area contributed by atoms with Gasteiger partial charge >= 0.3 is 5.97 Å². The van der Waals surface area contributed by atoms with E-state index in [1.807, 2.05) is 0 Å². The van der Waals surface area contributed by atoms with E-state index >= 15 is 0 Å². The van der Waals surface area contributed by atoms with Crippen molar-refractivity contribution in [2.45, 2.75) is 20.3 Å². The molecule has 2 N–H and O–H groups in total. The van der Waals surface area contributed by atoms with Crippen LogP contribution in [0.5, 0.6) is 0 Å². The average Bonchev–Trinajstić information content (AvgIpc) is 2.83. The third kappa shape index (κ3) is 5.18. The van der Waals surface area contributed by atoms with Crippen LogP contribution >= 0.6 is 15.9 Å². The summed E-state index contributed by atoms with van der Waals surface area (Å²) in [6, 6.07) is 3.10. The molecule has 0 fully saturated rings. The van der Waals surface area contributed by atoms with E-state index in [2.05, 4.69) is 21.2 Å². The SMILES string of the molecule is CN(CC(=O)NCCC(C)(C)C(=O)O)C(=O)c1ccc(Br)o1. The molecule has 0 spiro atoms. The van der Waals surface area contributed by atoms with Gasteiger partial charge in [0, 0.05) is 13.6 Å². The van der Waals surface area contributed by atoms with E-state index in [-0.39, 0.29) is 24.8 Å². The Morgan fingerprint density at radius 3 is 2.50 bits per heavy atom. The van der Waals surface area contributed by atoms with E-state index in [0.29, 0.717) is 11.1 Å². The van der Waals surface area contributed by atoms with Crippen LogP contribution in [0.25, 0.3) is 0 Å². The smallest absolute Gasteiger partial charge is 0.309 e. The lowest BCUT2D eigenvalue weighted by atomic mass is 9.90. The van der Waals surface area contributed by atoms with Crippen LogP contribution in [0.15, 0.2) is 21.2 Å². The molecule has 0 saturated carbocycles. The van der Waals surface area contributed by atoms with Crippen molar-refractivity contribution in [1.29, 1.82) is 0 Å². The lowest BCUT2D eigenvalue weighted by molar-refractivity contribution is -0.147. The van der Waals surface area contributed by atoms with Gasteiger partial charge < -0.3 is 19.7 Å². The minimum atomic E-state index is -0.919. The minimum Gasteiger partial charge on any atom is -0.481 e. The van der Waals surface area contributed by atoms with Gasteiger partial charge in [-0.25, -0.2) is 0 Å². The maximum Gasteiger partial charge on any atom is 0.309 e. The van der Waals surface area contributed by atoms with Crippen LogP contribution in [-0.2, 0) is 9.59 Å². The predicted molar refractivity (Wildman–Crippen MR) is 82.4 cm³/mol. The number of hydrogen-bond donors (Lipinski definition) is 2. The van der Waals surface area contributed by atoms with Crippen molar-refractivity contribution in [1.82, 2.24) is 10.2 Å². The molecule has 122 valence electrons. The Bertz CT molecular complexity index is 567. The van der Waals surface area contributed by atoms with Crippen LogP contribution in [-0.4, -0.2) is 47.9 Å². The Morgan fingerprint density at radius 1 is 1.36 bits per heavy atom. The number of carbonyl (C=O) groups is 3. The van der Waals surface area contributed by atoms with Gasteiger partial charge in [0.2, 0.25) is 5.91 Å². The fraction of sp³-hybridized carbons (Fsp3) is 0.500. The van der Waals surface area contributed by atoms with Crippen molar-refractivity contribution in [3.8, 4) is 0 Å². The first kappa shape index (κ1) is 18.2. The van der Waals surface area contributed by atoms with Crippen molar-refractivity contribution < 1.29 is 23.9 Å². The molecule has 0 saturated heterocycles. The number of carboxylic acids is 1. The summed E-state index contributed by atoms with van der Waals surface area (Å²) >= 11 is 3.10. The molecule has 1 heterocycles. The number of hydrogen-bond acceptors (Lipinski definition) is 4. The normalized spacial score (nSPS) is 11.1. The number of rotatable bonds is 7. The number of likely N-dealkylation sites (N-methyl/N-ethyl adjacent to an activating group) is 1. The molecule has 0 aliphatic heterocycles. The molecule has 0 aliphatic carbocycles. The maximum atomic E-state index is 12.0. The fourth-order valence-electron chi connectivity index (χ4n) is 1.58. The summed E-state index contributed by atoms with van der Waals surface area (Å²) in [5.41, 5.74) is -0.907. The molecule has 0 unspecified atom stereocenters. The Labute approximate surface area is 136 Å². The van der Waals surface area contributed by atoms with Gasteiger partial charge in [0.05, 0.1) is 12.0 Å². The minimum absolute atomic E-state index is 0.134. The van der Waals surface area contributed by atoms with Crippen LogP contribution in [0.2, 0.25) is 0 Å². The molecular weight excluding hydrogens is 356 g/mol. The molecular formula is C14H19BrN2O5. The highest BCUT2D eigenvalue weighted by atomic mass is 79.9. The van der Waals surface area contributed by atoms with Gasteiger partial charge in [0.25, 0.3) is 5.91 Å². The van der Waals surface area contributed by atoms with E-state index in [1.165, 1.54) is 18.0 Å². The molecule has 7 nitrogen and oxygen atoms in total. The van der Waals surface area contributed by atoms with Crippen LogP contribution < -0.4 is 5.32 Å². The Hall–Kier alpha value is -1.83. The third-order valence-corrected chi connectivity index (χ3v) is 3.59. The molecule has 1 aromatic heterocycles. The topological polar surface area (TPSA) is 99.9 Å². The molecule has 0 aromatic carbocycles. The van der Waals surface area contributed by atoms with Gasteiger partial charge in [0.1, 0.15) is 0 Å². The number of nitrogens with zero attached hydrogens (tertiary/aromatic N) is 1. The fourth-order valence-corrected chi connectivity index (χ4v) is 1.89. The second-order valence-electron chi connectivity index (χ2n) is 5.55. The highest BCUT2D eigenvalue weighted by Crippen LogP contribution is 2.19. The second-order valence-corrected chi connectivity index (χ2v) is 6.34. The van der Waals surface area contributed by atoms with Gasteiger partial charge in [-0.3, -0.25) is 14.4 Å². The van der Waals surface area contributed by atoms with Crippen LogP contribution in [0.3, 0.4) is 0 Å². The summed E-state index contributed by atoms with van der Waals surface area (Å²) in [6.07, 6.45) is 0.302. The number of amides is 2. The van der Waals surface area contributed by atoms with E-state index in [0.717, 1.165) is 0 Å². The average molecular weight is 375 g/mol. The number of furan rings is 1. The molecule has 0 atom stereocenters. The first-order valence-electron chi connectivity index (χ1n) is 6.64. The molecule has 0 radical (unpaired) electrons. The van der Waals surface area contributed by atoms with Gasteiger partial charge in [0.15, 0.2) is 10.4 Å². The van der Waals surface area contributed by atoms with E-state index < -0.39 is 17.3 Å². The second kappa shape index (κ2) is 7.44. The van der Waals surface area contributed by atoms with Crippen LogP contribution in [0, 0.1) is 5.41 Å². The van der Waals surface area contributed by atoms with E-state index in [4.69, 9.17) is 9.52 Å². The lowest BCUT2D eigenvalue weighted by Gasteiger charge is -2.20. The Kier molecular flexibility index (Phi) is 6.16. The zero-order chi connectivity index (χ0) is 16.9. The number of nitrogens with one attached hydrogen (secondary N) is 1. The first-order valence-corrected chi connectivity index (χ1v) is 7.43. The monoisotopic (exact) mass is 374 g/mol. The quantitative estimate of drug-likeness (QED) is 0.756. The molecule has 0 aliphatic rings. The van der Waals surface area contributed by atoms with Crippen molar-refractivity contribution in [2.75, 3.05) is 20.1 Å². The highest BCUT2D eigenvalue weighted by molar-refractivity contribution is 9.10. The Balaban J connectivity index is 2.42. The summed E-state index contributed by atoms with van der Waals surface area (Å²) in [5.74, 6) is -1.55. The molecule has 22 heavy (non-hydrogen) atoms. The van der Waals surface area contributed by atoms with Crippen molar-refractivity contribution in [3.05, 3.63) is 22.6 Å². The van der Waals surface area contributed by atoms with Gasteiger partial charge in [-0.15, -0.1) is 0 Å². The predicted octanol–water partition coefficient (Wildman–Crippen LogP) is 1.73. The van der Waals surface area contributed by atoms with Gasteiger partial charge in [-0.1, -0.05) is 0 Å². The number of aliphatic carboxylic acids is 1. The lowest BCUT2D eigenvalue weighted by Crippen LogP contribution is -2.39. The summed E-state index contributed by atoms with van der Waals surface area (Å²) in [6.45, 7) is 3.27. The van der Waals surface area contributed by atoms with Crippen molar-refractivity contribution in [2.24, 2.45) is 5.41 Å². The standard InChI is InChI=1S/C14H19BrN2O5/c1-14(2,13(20)21)6-7-16-11(18)8-17(3)12(19)9-4-5-10(15)22-9/h4-5H,6-8H2,1-3H3,(H,16,18)(H,20,21). The maximum absolute atomic E-state index is 12.0. The summed E-state index contributed by atoms with van der Waals surface area (Å²) < 4.78 is 5.56. The molecule has 1 rings (SSSR count). The highest BCUT2D eigenvalue weighted by Gasteiger charge is 2.26. The Morgan fingerprint density at radius 2 is 2.00 bits per heavy atom. The number of carboxylic acid groups (broad SMARTS) is 1. The zero-order valence-corrected chi connectivity index (χ0v) is 14.3. The van der Waals surface area contributed by atoms with Crippen molar-refractivity contribution >= 4 is 33.7 Å². The summed E-state index contributed by atoms with van der Waals surface area (Å²) in [5, 5.41) is 11.6. The van der Waals surface area contributed by atoms with Crippen LogP contribution in [0.1, 0.15) is 30.8 Å². The largest absolute Gasteiger partial charge is 0.481 e. The van der Waals surface area contributed by atoms with E-state index in [9.17, 15) is 14.4 Å². The number of halogens is 1. The van der Waals surface area contributed by atoms with E-state index in [1.54, 1.807) is 19.9 Å². The summed E-state index contributed by atoms with van der Waals surface area (Å²) in [7, 11) is 1.49. The van der Waals surface area contributed by atoms with Crippen LogP contribution in [0.4, 0.5) is 0 Å². The van der Waals surface area contributed by atoms with Gasteiger partial charge in [-0.2, -0.15) is 0 Å². The molecule has 1 aromatic rings. The zero-order valence-electron chi connectivity index (χ0n) is 12.7. The third-order valence-electron chi connectivity index (χ3n) is 3.16. The number of carbonyl (C=O) groups excluding carboxylic acids is 2. The molecule has 0 bridgehead atoms. The van der Waals surface area contributed by atoms with Gasteiger partial charge in [-0.05, 0) is 48.3 Å².